The zero-order valence-electron chi connectivity index (χ0n) is 19.8. The van der Waals surface area contributed by atoms with Gasteiger partial charge in [-0.3, -0.25) is 4.79 Å². The fraction of sp³-hybridized carbons (Fsp3) is 0.444. The number of nitrogens with zero attached hydrogens (tertiary/aromatic N) is 3. The Morgan fingerprint density at radius 2 is 1.82 bits per heavy atom. The van der Waals surface area contributed by atoms with Gasteiger partial charge in [0.25, 0.3) is 0 Å². The minimum atomic E-state index is -0.972. The monoisotopic (exact) mass is 447 g/mol. The van der Waals surface area contributed by atoms with Crippen molar-refractivity contribution >= 4 is 23.3 Å². The molecule has 1 aliphatic rings. The number of hydrogen-bond acceptors (Lipinski definition) is 4. The van der Waals surface area contributed by atoms with E-state index in [-0.39, 0.29) is 24.9 Å². The van der Waals surface area contributed by atoms with Crippen LogP contribution in [0.1, 0.15) is 56.7 Å². The Labute approximate surface area is 196 Å². The highest BCUT2D eigenvalue weighted by Gasteiger charge is 2.32. The van der Waals surface area contributed by atoms with Crippen molar-refractivity contribution in [2.45, 2.75) is 65.5 Å². The van der Waals surface area contributed by atoms with Gasteiger partial charge >= 0.3 is 5.97 Å². The smallest absolute Gasteiger partial charge is 0.326 e. The fourth-order valence-corrected chi connectivity index (χ4v) is 4.61. The molecule has 6 heteroatoms. The number of carboxylic acid groups (broad SMARTS) is 1. The largest absolute Gasteiger partial charge is 0.480 e. The second-order valence-electron chi connectivity index (χ2n) is 8.99. The van der Waals surface area contributed by atoms with E-state index in [9.17, 15) is 20.0 Å². The SMILES string of the molecule is CCCCC(=O)N(Cc1ccc2c(c1)CCc1ccccc1N2CC#N)[C@H](C(=O)O)C(C)C. The molecule has 2 aromatic rings. The molecule has 2 aromatic carbocycles. The lowest BCUT2D eigenvalue weighted by Crippen LogP contribution is -2.47. The zero-order chi connectivity index (χ0) is 24.0. The molecule has 3 rings (SSSR count). The summed E-state index contributed by atoms with van der Waals surface area (Å²) in [6.07, 6.45) is 3.65. The molecule has 1 aliphatic heterocycles. The molecular weight excluding hydrogens is 414 g/mol. The summed E-state index contributed by atoms with van der Waals surface area (Å²) < 4.78 is 0. The quantitative estimate of drug-likeness (QED) is 0.542. The van der Waals surface area contributed by atoms with Gasteiger partial charge in [0.2, 0.25) is 5.91 Å². The van der Waals surface area contributed by atoms with E-state index in [1.165, 1.54) is 10.5 Å². The maximum absolute atomic E-state index is 13.0. The fourth-order valence-electron chi connectivity index (χ4n) is 4.61. The second-order valence-corrected chi connectivity index (χ2v) is 8.99. The third-order valence-corrected chi connectivity index (χ3v) is 6.25. The molecule has 0 unspecified atom stereocenters. The number of rotatable bonds is 9. The van der Waals surface area contributed by atoms with E-state index in [0.29, 0.717) is 6.42 Å². The van der Waals surface area contributed by atoms with E-state index in [0.717, 1.165) is 48.2 Å². The molecule has 6 nitrogen and oxygen atoms in total. The Bertz CT molecular complexity index is 1040. The Balaban J connectivity index is 1.96. The first-order valence-electron chi connectivity index (χ1n) is 11.7. The summed E-state index contributed by atoms with van der Waals surface area (Å²) in [5.41, 5.74) is 5.26. The number of benzene rings is 2. The van der Waals surface area contributed by atoms with Crippen molar-refractivity contribution in [3.8, 4) is 6.07 Å². The first-order valence-corrected chi connectivity index (χ1v) is 11.7. The van der Waals surface area contributed by atoms with Crippen LogP contribution in [0.4, 0.5) is 11.4 Å². The molecule has 0 fully saturated rings. The first kappa shape index (κ1) is 24.3. The molecule has 0 radical (unpaired) electrons. The number of anilines is 2. The molecule has 0 saturated carbocycles. The second kappa shape index (κ2) is 11.0. The van der Waals surface area contributed by atoms with Crippen LogP contribution < -0.4 is 4.90 Å². The van der Waals surface area contributed by atoms with Crippen molar-refractivity contribution in [2.24, 2.45) is 5.92 Å². The highest BCUT2D eigenvalue weighted by atomic mass is 16.4. The number of para-hydroxylation sites is 1. The van der Waals surface area contributed by atoms with E-state index in [1.807, 2.05) is 56.0 Å². The van der Waals surface area contributed by atoms with Crippen LogP contribution in [0.2, 0.25) is 0 Å². The van der Waals surface area contributed by atoms with Crippen LogP contribution in [0, 0.1) is 17.2 Å². The zero-order valence-corrected chi connectivity index (χ0v) is 19.8. The summed E-state index contributed by atoms with van der Waals surface area (Å²) in [6.45, 7) is 6.21. The predicted molar refractivity (Wildman–Crippen MR) is 129 cm³/mol. The van der Waals surface area contributed by atoms with Crippen LogP contribution in [0.5, 0.6) is 0 Å². The van der Waals surface area contributed by atoms with Gasteiger partial charge in [0.15, 0.2) is 0 Å². The van der Waals surface area contributed by atoms with Gasteiger partial charge in [-0.2, -0.15) is 5.26 Å². The maximum Gasteiger partial charge on any atom is 0.326 e. The van der Waals surface area contributed by atoms with E-state index < -0.39 is 12.0 Å². The third kappa shape index (κ3) is 5.54. The van der Waals surface area contributed by atoms with Crippen LogP contribution in [0.15, 0.2) is 42.5 Å². The summed E-state index contributed by atoms with van der Waals surface area (Å²) in [4.78, 5) is 28.6. The summed E-state index contributed by atoms with van der Waals surface area (Å²) in [6, 6.07) is 15.6. The van der Waals surface area contributed by atoms with Crippen molar-refractivity contribution in [1.29, 1.82) is 5.26 Å². The molecule has 0 saturated heterocycles. The molecule has 1 N–H and O–H groups in total. The minimum Gasteiger partial charge on any atom is -0.480 e. The number of aliphatic carboxylic acids is 1. The third-order valence-electron chi connectivity index (χ3n) is 6.25. The van der Waals surface area contributed by atoms with Gasteiger partial charge in [-0.25, -0.2) is 4.79 Å². The molecular formula is C27H33N3O3. The van der Waals surface area contributed by atoms with E-state index in [4.69, 9.17) is 0 Å². The number of carboxylic acids is 1. The first-order chi connectivity index (χ1) is 15.9. The predicted octanol–water partition coefficient (Wildman–Crippen LogP) is 5.07. The maximum atomic E-state index is 13.0. The van der Waals surface area contributed by atoms with Crippen molar-refractivity contribution in [1.82, 2.24) is 4.90 Å². The number of unbranched alkanes of at least 4 members (excludes halogenated alkanes) is 1. The Kier molecular flexibility index (Phi) is 8.11. The minimum absolute atomic E-state index is 0.119. The van der Waals surface area contributed by atoms with Gasteiger partial charge in [0, 0.05) is 24.3 Å². The van der Waals surface area contributed by atoms with Crippen LogP contribution in [0.25, 0.3) is 0 Å². The number of fused-ring (bicyclic) bond motifs is 2. The van der Waals surface area contributed by atoms with E-state index >= 15 is 0 Å². The van der Waals surface area contributed by atoms with Gasteiger partial charge in [0.1, 0.15) is 12.6 Å². The number of carbonyl (C=O) groups excluding carboxylic acids is 1. The van der Waals surface area contributed by atoms with Crippen LogP contribution in [-0.2, 0) is 29.0 Å². The average Bonchev–Trinajstić information content (AvgIpc) is 2.94. The van der Waals surface area contributed by atoms with Gasteiger partial charge in [-0.1, -0.05) is 57.5 Å². The Morgan fingerprint density at radius 3 is 2.48 bits per heavy atom. The lowest BCUT2D eigenvalue weighted by atomic mass is 9.99. The van der Waals surface area contributed by atoms with Crippen molar-refractivity contribution in [2.75, 3.05) is 11.4 Å². The number of aryl methyl sites for hydroxylation is 2. The number of nitriles is 1. The molecule has 1 heterocycles. The molecule has 33 heavy (non-hydrogen) atoms. The molecule has 0 spiro atoms. The average molecular weight is 448 g/mol. The normalized spacial score (nSPS) is 13.5. The number of carbonyl (C=O) groups is 2. The Hall–Kier alpha value is -3.33. The van der Waals surface area contributed by atoms with Crippen molar-refractivity contribution in [3.63, 3.8) is 0 Å². The molecule has 0 aromatic heterocycles. The number of hydrogen-bond donors (Lipinski definition) is 1. The van der Waals surface area contributed by atoms with Crippen molar-refractivity contribution in [3.05, 3.63) is 59.2 Å². The highest BCUT2D eigenvalue weighted by molar-refractivity contribution is 5.84. The van der Waals surface area contributed by atoms with E-state index in [1.54, 1.807) is 0 Å². The molecule has 174 valence electrons. The molecule has 0 aliphatic carbocycles. The van der Waals surface area contributed by atoms with Crippen LogP contribution in [-0.4, -0.2) is 34.5 Å². The van der Waals surface area contributed by atoms with E-state index in [2.05, 4.69) is 18.2 Å². The molecule has 1 amide bonds. The topological polar surface area (TPSA) is 84.6 Å². The van der Waals surface area contributed by atoms with Gasteiger partial charge < -0.3 is 14.9 Å². The molecule has 0 bridgehead atoms. The Morgan fingerprint density at radius 1 is 1.12 bits per heavy atom. The van der Waals surface area contributed by atoms with Gasteiger partial charge in [0.05, 0.1) is 6.07 Å². The lowest BCUT2D eigenvalue weighted by Gasteiger charge is -2.32. The van der Waals surface area contributed by atoms with Gasteiger partial charge in [-0.05, 0) is 54.0 Å². The summed E-state index contributed by atoms with van der Waals surface area (Å²) >= 11 is 0. The number of amides is 1. The van der Waals surface area contributed by atoms with Crippen LogP contribution in [0.3, 0.4) is 0 Å². The van der Waals surface area contributed by atoms with Gasteiger partial charge in [-0.15, -0.1) is 0 Å². The summed E-state index contributed by atoms with van der Waals surface area (Å²) in [7, 11) is 0. The van der Waals surface area contributed by atoms with Crippen molar-refractivity contribution < 1.29 is 14.7 Å². The standard InChI is InChI=1S/C27H33N3O3/c1-4-5-10-25(31)30(26(19(2)3)27(32)33)18-20-11-14-24-22(17-20)13-12-21-8-6-7-9-23(21)29(24)16-15-28/h6-9,11,14,17,19,26H,4-5,10,12-13,16,18H2,1-3H3,(H,32,33)/t26-/m0/s1. The van der Waals surface area contributed by atoms with Crippen LogP contribution >= 0.6 is 0 Å². The highest BCUT2D eigenvalue weighted by Crippen LogP contribution is 2.36. The summed E-state index contributed by atoms with van der Waals surface area (Å²) in [5, 5.41) is 19.3. The summed E-state index contributed by atoms with van der Waals surface area (Å²) in [5.74, 6) is -1.29. The molecule has 1 atom stereocenters. The lowest BCUT2D eigenvalue weighted by molar-refractivity contribution is -0.153.